The van der Waals surface area contributed by atoms with Crippen LogP contribution in [-0.2, 0) is 0 Å². The standard InChI is InChI=1S/C14H18BrNO/c1-16(11-7-3-2-4-8-11)14(17)12-9-5-6-10-13(12)15/h5-6,9-11H,2-4,7-8H2,1H3. The molecule has 1 saturated carbocycles. The van der Waals surface area contributed by atoms with Gasteiger partial charge in [-0.2, -0.15) is 0 Å². The molecule has 1 aliphatic rings. The predicted octanol–water partition coefficient (Wildman–Crippen LogP) is 3.85. The summed E-state index contributed by atoms with van der Waals surface area (Å²) in [6, 6.07) is 8.06. The first kappa shape index (κ1) is 12.6. The fraction of sp³-hybridized carbons (Fsp3) is 0.500. The second-order valence-electron chi connectivity index (χ2n) is 4.69. The average Bonchev–Trinajstić information content (AvgIpc) is 2.39. The van der Waals surface area contributed by atoms with Crippen LogP contribution in [0.4, 0.5) is 0 Å². The molecular formula is C14H18BrNO. The van der Waals surface area contributed by atoms with E-state index in [-0.39, 0.29) is 5.91 Å². The van der Waals surface area contributed by atoms with Gasteiger partial charge < -0.3 is 4.90 Å². The molecule has 0 N–H and O–H groups in total. The highest BCUT2D eigenvalue weighted by Crippen LogP contribution is 2.24. The quantitative estimate of drug-likeness (QED) is 0.811. The summed E-state index contributed by atoms with van der Waals surface area (Å²) in [6.45, 7) is 0. The Morgan fingerprint density at radius 3 is 2.53 bits per heavy atom. The first-order valence-electron chi connectivity index (χ1n) is 6.22. The van der Waals surface area contributed by atoms with Gasteiger partial charge in [-0.1, -0.05) is 31.4 Å². The molecule has 1 aromatic rings. The lowest BCUT2D eigenvalue weighted by Gasteiger charge is -2.31. The second-order valence-corrected chi connectivity index (χ2v) is 5.54. The molecule has 0 unspecified atom stereocenters. The molecule has 0 spiro atoms. The zero-order valence-electron chi connectivity index (χ0n) is 10.2. The zero-order chi connectivity index (χ0) is 12.3. The minimum absolute atomic E-state index is 0.129. The number of amides is 1. The molecular weight excluding hydrogens is 278 g/mol. The van der Waals surface area contributed by atoms with E-state index in [0.29, 0.717) is 6.04 Å². The van der Waals surface area contributed by atoms with Gasteiger partial charge in [-0.3, -0.25) is 4.79 Å². The number of hydrogen-bond acceptors (Lipinski definition) is 1. The van der Waals surface area contributed by atoms with E-state index < -0.39 is 0 Å². The molecule has 0 aromatic heterocycles. The Balaban J connectivity index is 2.11. The molecule has 0 aliphatic heterocycles. The first-order chi connectivity index (χ1) is 8.20. The fourth-order valence-electron chi connectivity index (χ4n) is 2.46. The average molecular weight is 296 g/mol. The van der Waals surface area contributed by atoms with Gasteiger partial charge >= 0.3 is 0 Å². The number of nitrogens with zero attached hydrogens (tertiary/aromatic N) is 1. The summed E-state index contributed by atoms with van der Waals surface area (Å²) in [5.41, 5.74) is 0.764. The number of carbonyl (C=O) groups excluding carboxylic acids is 1. The molecule has 1 fully saturated rings. The number of carbonyl (C=O) groups is 1. The van der Waals surface area contributed by atoms with Gasteiger partial charge in [0, 0.05) is 17.6 Å². The lowest BCUT2D eigenvalue weighted by Crippen LogP contribution is -2.38. The number of benzene rings is 1. The Bertz CT molecular complexity index is 399. The molecule has 0 bridgehead atoms. The maximum absolute atomic E-state index is 12.4. The zero-order valence-corrected chi connectivity index (χ0v) is 11.7. The molecule has 0 atom stereocenters. The summed E-state index contributed by atoms with van der Waals surface area (Å²) in [6.07, 6.45) is 6.10. The summed E-state index contributed by atoms with van der Waals surface area (Å²) in [5, 5.41) is 0. The maximum atomic E-state index is 12.4. The SMILES string of the molecule is CN(C(=O)c1ccccc1Br)C1CCCCC1. The molecule has 0 radical (unpaired) electrons. The minimum Gasteiger partial charge on any atom is -0.339 e. The van der Waals surface area contributed by atoms with Crippen molar-refractivity contribution in [2.45, 2.75) is 38.1 Å². The van der Waals surface area contributed by atoms with Gasteiger partial charge in [-0.25, -0.2) is 0 Å². The predicted molar refractivity (Wildman–Crippen MR) is 73.1 cm³/mol. The number of hydrogen-bond donors (Lipinski definition) is 0. The Morgan fingerprint density at radius 1 is 1.24 bits per heavy atom. The van der Waals surface area contributed by atoms with Crippen molar-refractivity contribution < 1.29 is 4.79 Å². The third-order valence-corrected chi connectivity index (χ3v) is 4.24. The van der Waals surface area contributed by atoms with Gasteiger partial charge in [0.1, 0.15) is 0 Å². The molecule has 17 heavy (non-hydrogen) atoms. The molecule has 1 aliphatic carbocycles. The van der Waals surface area contributed by atoms with Crippen molar-refractivity contribution in [3.05, 3.63) is 34.3 Å². The van der Waals surface area contributed by atoms with Crippen molar-refractivity contribution in [3.63, 3.8) is 0 Å². The van der Waals surface area contributed by atoms with Crippen LogP contribution in [0, 0.1) is 0 Å². The van der Waals surface area contributed by atoms with Crippen molar-refractivity contribution in [1.82, 2.24) is 4.90 Å². The Hall–Kier alpha value is -0.830. The number of halogens is 1. The summed E-state index contributed by atoms with van der Waals surface area (Å²) in [7, 11) is 1.93. The monoisotopic (exact) mass is 295 g/mol. The van der Waals surface area contributed by atoms with Gasteiger partial charge in [0.15, 0.2) is 0 Å². The molecule has 1 aromatic carbocycles. The van der Waals surface area contributed by atoms with Crippen molar-refractivity contribution >= 4 is 21.8 Å². The Morgan fingerprint density at radius 2 is 1.88 bits per heavy atom. The van der Waals surface area contributed by atoms with Crippen LogP contribution >= 0.6 is 15.9 Å². The van der Waals surface area contributed by atoms with Crippen LogP contribution < -0.4 is 0 Å². The van der Waals surface area contributed by atoms with E-state index in [4.69, 9.17) is 0 Å². The molecule has 0 heterocycles. The topological polar surface area (TPSA) is 20.3 Å². The van der Waals surface area contributed by atoms with Crippen molar-refractivity contribution in [2.75, 3.05) is 7.05 Å². The highest BCUT2D eigenvalue weighted by atomic mass is 79.9. The number of rotatable bonds is 2. The molecule has 0 saturated heterocycles. The van der Waals surface area contributed by atoms with E-state index in [0.717, 1.165) is 22.9 Å². The van der Waals surface area contributed by atoms with Crippen LogP contribution in [-0.4, -0.2) is 23.9 Å². The second kappa shape index (κ2) is 5.67. The van der Waals surface area contributed by atoms with Gasteiger partial charge in [-0.15, -0.1) is 0 Å². The third kappa shape index (κ3) is 2.89. The van der Waals surface area contributed by atoms with Gasteiger partial charge in [0.25, 0.3) is 5.91 Å². The lowest BCUT2D eigenvalue weighted by molar-refractivity contribution is 0.0695. The van der Waals surface area contributed by atoms with E-state index in [9.17, 15) is 4.79 Å². The van der Waals surface area contributed by atoms with E-state index in [1.165, 1.54) is 19.3 Å². The van der Waals surface area contributed by atoms with Crippen LogP contribution in [0.5, 0.6) is 0 Å². The van der Waals surface area contributed by atoms with E-state index in [1.807, 2.05) is 36.2 Å². The summed E-state index contributed by atoms with van der Waals surface area (Å²) in [4.78, 5) is 14.3. The molecule has 2 rings (SSSR count). The van der Waals surface area contributed by atoms with Gasteiger partial charge in [-0.05, 0) is 40.9 Å². The van der Waals surface area contributed by atoms with Crippen LogP contribution in [0.3, 0.4) is 0 Å². The summed E-state index contributed by atoms with van der Waals surface area (Å²) >= 11 is 3.44. The molecule has 92 valence electrons. The summed E-state index contributed by atoms with van der Waals surface area (Å²) in [5.74, 6) is 0.129. The Kier molecular flexibility index (Phi) is 4.21. The minimum atomic E-state index is 0.129. The largest absolute Gasteiger partial charge is 0.339 e. The summed E-state index contributed by atoms with van der Waals surface area (Å²) < 4.78 is 0.882. The van der Waals surface area contributed by atoms with Crippen molar-refractivity contribution in [3.8, 4) is 0 Å². The van der Waals surface area contributed by atoms with Crippen LogP contribution in [0.15, 0.2) is 28.7 Å². The van der Waals surface area contributed by atoms with Gasteiger partial charge in [0.05, 0.1) is 5.56 Å². The van der Waals surface area contributed by atoms with Gasteiger partial charge in [0.2, 0.25) is 0 Å². The highest BCUT2D eigenvalue weighted by Gasteiger charge is 2.23. The first-order valence-corrected chi connectivity index (χ1v) is 7.01. The molecule has 1 amide bonds. The van der Waals surface area contributed by atoms with Crippen LogP contribution in [0.2, 0.25) is 0 Å². The van der Waals surface area contributed by atoms with Crippen molar-refractivity contribution in [1.29, 1.82) is 0 Å². The maximum Gasteiger partial charge on any atom is 0.254 e. The van der Waals surface area contributed by atoms with Crippen molar-refractivity contribution in [2.24, 2.45) is 0 Å². The molecule has 3 heteroatoms. The van der Waals surface area contributed by atoms with Crippen LogP contribution in [0.25, 0.3) is 0 Å². The van der Waals surface area contributed by atoms with E-state index in [1.54, 1.807) is 0 Å². The molecule has 2 nitrogen and oxygen atoms in total. The Labute approximate surface area is 111 Å². The highest BCUT2D eigenvalue weighted by molar-refractivity contribution is 9.10. The fourth-order valence-corrected chi connectivity index (χ4v) is 2.91. The normalized spacial score (nSPS) is 16.8. The van der Waals surface area contributed by atoms with Crippen LogP contribution in [0.1, 0.15) is 42.5 Å². The van der Waals surface area contributed by atoms with E-state index in [2.05, 4.69) is 15.9 Å². The smallest absolute Gasteiger partial charge is 0.254 e. The third-order valence-electron chi connectivity index (χ3n) is 3.55. The van der Waals surface area contributed by atoms with E-state index >= 15 is 0 Å². The lowest BCUT2D eigenvalue weighted by atomic mass is 9.94.